The molecule has 0 atom stereocenters. The fourth-order valence-corrected chi connectivity index (χ4v) is 3.43. The first kappa shape index (κ1) is 19.5. The quantitative estimate of drug-likeness (QED) is 0.718. The Morgan fingerprint density at radius 2 is 1.75 bits per heavy atom. The van der Waals surface area contributed by atoms with Crippen LogP contribution in [-0.2, 0) is 4.74 Å². The molecule has 24 heavy (non-hydrogen) atoms. The molecule has 0 spiro atoms. The van der Waals surface area contributed by atoms with Gasteiger partial charge in [0.25, 0.3) is 0 Å². The summed E-state index contributed by atoms with van der Waals surface area (Å²) in [5, 5.41) is 6.28. The Kier molecular flexibility index (Phi) is 7.78. The van der Waals surface area contributed by atoms with Crippen LogP contribution in [0.2, 0.25) is 0 Å². The number of hydrogen-bond acceptors (Lipinski definition) is 5. The molecule has 0 saturated carbocycles. The van der Waals surface area contributed by atoms with Crippen LogP contribution in [0.5, 0.6) is 0 Å². The van der Waals surface area contributed by atoms with Crippen LogP contribution in [0.4, 0.5) is 4.79 Å². The lowest BCUT2D eigenvalue weighted by Gasteiger charge is -2.37. The smallest absolute Gasteiger partial charge is 0.407 e. The third-order valence-corrected chi connectivity index (χ3v) is 4.76. The van der Waals surface area contributed by atoms with Crippen LogP contribution in [0, 0.1) is 5.92 Å². The summed E-state index contributed by atoms with van der Waals surface area (Å²) < 4.78 is 5.24. The number of amides is 1. The second-order valence-corrected chi connectivity index (χ2v) is 8.12. The van der Waals surface area contributed by atoms with Crippen LogP contribution in [0.15, 0.2) is 0 Å². The zero-order chi connectivity index (χ0) is 17.4. The highest BCUT2D eigenvalue weighted by molar-refractivity contribution is 5.67. The first-order valence-electron chi connectivity index (χ1n) is 9.55. The highest BCUT2D eigenvalue weighted by atomic mass is 16.6. The van der Waals surface area contributed by atoms with Gasteiger partial charge in [-0.05, 0) is 65.6 Å². The average Bonchev–Trinajstić information content (AvgIpc) is 2.52. The fourth-order valence-electron chi connectivity index (χ4n) is 3.43. The summed E-state index contributed by atoms with van der Waals surface area (Å²) in [6, 6.07) is 0. The van der Waals surface area contributed by atoms with Gasteiger partial charge in [0.15, 0.2) is 0 Å². The van der Waals surface area contributed by atoms with E-state index in [1.54, 1.807) is 0 Å². The Labute approximate surface area is 147 Å². The number of carbonyl (C=O) groups excluding carboxylic acids is 1. The van der Waals surface area contributed by atoms with E-state index >= 15 is 0 Å². The molecule has 6 nitrogen and oxygen atoms in total. The topological polar surface area (TPSA) is 56.8 Å². The molecular weight excluding hydrogens is 304 g/mol. The van der Waals surface area contributed by atoms with E-state index in [0.717, 1.165) is 32.0 Å². The maximum absolute atomic E-state index is 11.6. The van der Waals surface area contributed by atoms with E-state index in [0.29, 0.717) is 6.54 Å². The monoisotopic (exact) mass is 340 g/mol. The highest BCUT2D eigenvalue weighted by Crippen LogP contribution is 2.14. The van der Waals surface area contributed by atoms with Gasteiger partial charge in [-0.25, -0.2) is 4.79 Å². The molecule has 0 radical (unpaired) electrons. The molecule has 0 aromatic rings. The molecule has 140 valence electrons. The lowest BCUT2D eigenvalue weighted by Crippen LogP contribution is -2.49. The largest absolute Gasteiger partial charge is 0.444 e. The van der Waals surface area contributed by atoms with Crippen LogP contribution < -0.4 is 10.6 Å². The number of piperazine rings is 1. The second-order valence-electron chi connectivity index (χ2n) is 8.12. The molecule has 2 aliphatic heterocycles. The van der Waals surface area contributed by atoms with Crippen molar-refractivity contribution in [2.75, 3.05) is 58.9 Å². The number of alkyl carbamates (subject to hydrolysis) is 1. The zero-order valence-electron chi connectivity index (χ0n) is 15.8. The number of ether oxygens (including phenoxy) is 1. The molecule has 2 fully saturated rings. The van der Waals surface area contributed by atoms with E-state index in [1.807, 2.05) is 20.8 Å². The number of nitrogens with one attached hydrogen (secondary N) is 2. The zero-order valence-corrected chi connectivity index (χ0v) is 15.8. The van der Waals surface area contributed by atoms with Crippen LogP contribution >= 0.6 is 0 Å². The Bertz CT molecular complexity index is 370. The lowest BCUT2D eigenvalue weighted by atomic mass is 9.97. The van der Waals surface area contributed by atoms with Crippen LogP contribution in [-0.4, -0.2) is 80.4 Å². The third kappa shape index (κ3) is 7.81. The average molecular weight is 341 g/mol. The van der Waals surface area contributed by atoms with E-state index in [4.69, 9.17) is 4.74 Å². The standard InChI is InChI=1S/C18H36N4O2/c1-18(2,3)24-17(23)20-7-4-10-21-11-13-22(14-12-21)15-16-5-8-19-9-6-16/h16,19H,4-15H2,1-3H3,(H,20,23). The predicted molar refractivity (Wildman–Crippen MR) is 97.3 cm³/mol. The molecule has 2 heterocycles. The summed E-state index contributed by atoms with van der Waals surface area (Å²) in [6.45, 7) is 15.7. The molecule has 1 amide bonds. The molecule has 2 aliphatic rings. The van der Waals surface area contributed by atoms with Crippen molar-refractivity contribution in [3.63, 3.8) is 0 Å². The number of hydrogen-bond donors (Lipinski definition) is 2. The van der Waals surface area contributed by atoms with E-state index in [9.17, 15) is 4.79 Å². The van der Waals surface area contributed by atoms with Crippen molar-refractivity contribution < 1.29 is 9.53 Å². The van der Waals surface area contributed by atoms with Gasteiger partial charge in [-0.15, -0.1) is 0 Å². The summed E-state index contributed by atoms with van der Waals surface area (Å²) in [4.78, 5) is 16.7. The van der Waals surface area contributed by atoms with Crippen LogP contribution in [0.3, 0.4) is 0 Å². The van der Waals surface area contributed by atoms with Crippen molar-refractivity contribution >= 4 is 6.09 Å². The molecule has 0 unspecified atom stereocenters. The van der Waals surface area contributed by atoms with Crippen molar-refractivity contribution in [2.24, 2.45) is 5.92 Å². The van der Waals surface area contributed by atoms with Gasteiger partial charge in [0.2, 0.25) is 0 Å². The molecule has 2 N–H and O–H groups in total. The van der Waals surface area contributed by atoms with Gasteiger partial charge in [0, 0.05) is 39.3 Å². The number of rotatable bonds is 6. The predicted octanol–water partition coefficient (Wildman–Crippen LogP) is 1.52. The summed E-state index contributed by atoms with van der Waals surface area (Å²) >= 11 is 0. The van der Waals surface area contributed by atoms with Gasteiger partial charge in [-0.1, -0.05) is 0 Å². The minimum Gasteiger partial charge on any atom is -0.444 e. The van der Waals surface area contributed by atoms with E-state index in [2.05, 4.69) is 20.4 Å². The molecule has 0 aromatic carbocycles. The molecule has 6 heteroatoms. The van der Waals surface area contributed by atoms with Gasteiger partial charge in [0.1, 0.15) is 5.60 Å². The molecule has 2 rings (SSSR count). The van der Waals surface area contributed by atoms with Crippen molar-refractivity contribution in [3.8, 4) is 0 Å². The maximum Gasteiger partial charge on any atom is 0.407 e. The minimum absolute atomic E-state index is 0.311. The Balaban J connectivity index is 1.51. The minimum atomic E-state index is -0.422. The van der Waals surface area contributed by atoms with Crippen molar-refractivity contribution in [3.05, 3.63) is 0 Å². The highest BCUT2D eigenvalue weighted by Gasteiger charge is 2.21. The Hall–Kier alpha value is -0.850. The van der Waals surface area contributed by atoms with E-state index < -0.39 is 5.60 Å². The van der Waals surface area contributed by atoms with Gasteiger partial charge in [0.05, 0.1) is 0 Å². The molecular formula is C18H36N4O2. The number of piperidine rings is 1. The molecule has 2 saturated heterocycles. The lowest BCUT2D eigenvalue weighted by molar-refractivity contribution is 0.0523. The fraction of sp³-hybridized carbons (Fsp3) is 0.944. The number of carbonyl (C=O) groups is 1. The maximum atomic E-state index is 11.6. The number of nitrogens with zero attached hydrogens (tertiary/aromatic N) is 2. The first-order chi connectivity index (χ1) is 11.4. The van der Waals surface area contributed by atoms with Crippen molar-refractivity contribution in [1.29, 1.82) is 0 Å². The summed E-state index contributed by atoms with van der Waals surface area (Å²) in [6.07, 6.45) is 3.33. The van der Waals surface area contributed by atoms with E-state index in [1.165, 1.54) is 45.6 Å². The van der Waals surface area contributed by atoms with Gasteiger partial charge >= 0.3 is 6.09 Å². The van der Waals surface area contributed by atoms with Crippen molar-refractivity contribution in [2.45, 2.75) is 45.6 Å². The van der Waals surface area contributed by atoms with Crippen LogP contribution in [0.25, 0.3) is 0 Å². The second kappa shape index (κ2) is 9.59. The first-order valence-corrected chi connectivity index (χ1v) is 9.55. The third-order valence-electron chi connectivity index (χ3n) is 4.76. The molecule has 0 bridgehead atoms. The van der Waals surface area contributed by atoms with Gasteiger partial charge < -0.3 is 25.2 Å². The Morgan fingerprint density at radius 1 is 1.12 bits per heavy atom. The van der Waals surface area contributed by atoms with Gasteiger partial charge in [-0.3, -0.25) is 0 Å². The summed E-state index contributed by atoms with van der Waals surface area (Å²) in [5.74, 6) is 0.885. The molecule has 0 aliphatic carbocycles. The summed E-state index contributed by atoms with van der Waals surface area (Å²) in [5.41, 5.74) is -0.422. The van der Waals surface area contributed by atoms with E-state index in [-0.39, 0.29) is 6.09 Å². The normalized spacial score (nSPS) is 21.6. The van der Waals surface area contributed by atoms with Gasteiger partial charge in [-0.2, -0.15) is 0 Å². The SMILES string of the molecule is CC(C)(C)OC(=O)NCCCN1CCN(CC2CCNCC2)CC1. The van der Waals surface area contributed by atoms with Crippen LogP contribution in [0.1, 0.15) is 40.0 Å². The van der Waals surface area contributed by atoms with Crippen molar-refractivity contribution in [1.82, 2.24) is 20.4 Å². The summed E-state index contributed by atoms with van der Waals surface area (Å²) in [7, 11) is 0. The Morgan fingerprint density at radius 3 is 2.38 bits per heavy atom. The molecule has 0 aromatic heterocycles.